The molecule has 0 aliphatic rings. The molecular formula is C20H16N2O7. The molecule has 3 aromatic rings. The zero-order valence-corrected chi connectivity index (χ0v) is 14.7. The summed E-state index contributed by atoms with van der Waals surface area (Å²) in [6, 6.07) is 11.6. The second-order valence-electron chi connectivity index (χ2n) is 6.09. The molecule has 0 fully saturated rings. The van der Waals surface area contributed by atoms with Gasteiger partial charge in [0.2, 0.25) is 0 Å². The van der Waals surface area contributed by atoms with E-state index in [1.54, 1.807) is 0 Å². The number of benzene rings is 3. The number of phenolic OH excluding ortho intramolecular Hbond substituents is 5. The molecule has 0 radical (unpaired) electrons. The minimum atomic E-state index is -0.721. The molecular weight excluding hydrogens is 380 g/mol. The van der Waals surface area contributed by atoms with Crippen molar-refractivity contribution in [2.45, 2.75) is 0 Å². The number of aromatic hydroxyl groups is 5. The van der Waals surface area contributed by atoms with Crippen LogP contribution < -0.4 is 10.6 Å². The molecule has 0 aromatic heterocycles. The smallest absolute Gasteiger partial charge is 0.255 e. The number of amides is 2. The van der Waals surface area contributed by atoms with Crippen molar-refractivity contribution in [3.05, 3.63) is 65.7 Å². The van der Waals surface area contributed by atoms with Gasteiger partial charge < -0.3 is 36.2 Å². The maximum absolute atomic E-state index is 12.2. The number of phenols is 5. The average Bonchev–Trinajstić information content (AvgIpc) is 2.66. The van der Waals surface area contributed by atoms with Crippen LogP contribution in [0.15, 0.2) is 54.6 Å². The second kappa shape index (κ2) is 7.69. The van der Waals surface area contributed by atoms with Gasteiger partial charge in [0, 0.05) is 28.6 Å². The third kappa shape index (κ3) is 4.48. The first-order valence-electron chi connectivity index (χ1n) is 8.23. The molecule has 2 amide bonds. The van der Waals surface area contributed by atoms with Crippen LogP contribution in [-0.4, -0.2) is 37.3 Å². The summed E-state index contributed by atoms with van der Waals surface area (Å²) in [6.07, 6.45) is 0. The van der Waals surface area contributed by atoms with E-state index in [1.165, 1.54) is 36.4 Å². The Bertz CT molecular complexity index is 1050. The quantitative estimate of drug-likeness (QED) is 0.334. The van der Waals surface area contributed by atoms with Crippen molar-refractivity contribution in [1.29, 1.82) is 0 Å². The van der Waals surface area contributed by atoms with Gasteiger partial charge >= 0.3 is 0 Å². The molecule has 9 nitrogen and oxygen atoms in total. The molecule has 0 atom stereocenters. The SMILES string of the molecule is O=C(Nc1ccc(NC(=O)c2cc(O)c(O)c(O)c2)cc1)c1cc(O)cc(O)c1. The van der Waals surface area contributed by atoms with E-state index >= 15 is 0 Å². The van der Waals surface area contributed by atoms with Crippen molar-refractivity contribution in [3.8, 4) is 28.7 Å². The van der Waals surface area contributed by atoms with Gasteiger partial charge in [0.1, 0.15) is 11.5 Å². The van der Waals surface area contributed by atoms with Gasteiger partial charge in [-0.2, -0.15) is 0 Å². The van der Waals surface area contributed by atoms with Crippen LogP contribution in [0.1, 0.15) is 20.7 Å². The fourth-order valence-corrected chi connectivity index (χ4v) is 2.50. The Morgan fingerprint density at radius 3 is 1.38 bits per heavy atom. The highest BCUT2D eigenvalue weighted by molar-refractivity contribution is 6.06. The van der Waals surface area contributed by atoms with Crippen molar-refractivity contribution in [3.63, 3.8) is 0 Å². The van der Waals surface area contributed by atoms with E-state index in [9.17, 15) is 35.1 Å². The van der Waals surface area contributed by atoms with Gasteiger partial charge in [0.05, 0.1) is 0 Å². The summed E-state index contributed by atoms with van der Waals surface area (Å²) in [7, 11) is 0. The zero-order chi connectivity index (χ0) is 21.1. The molecule has 148 valence electrons. The van der Waals surface area contributed by atoms with E-state index in [-0.39, 0.29) is 22.6 Å². The van der Waals surface area contributed by atoms with E-state index in [4.69, 9.17) is 0 Å². The molecule has 3 rings (SSSR count). The van der Waals surface area contributed by atoms with Crippen molar-refractivity contribution in [2.75, 3.05) is 10.6 Å². The molecule has 0 heterocycles. The molecule has 0 bridgehead atoms. The van der Waals surface area contributed by atoms with Crippen molar-refractivity contribution < 1.29 is 35.1 Å². The maximum atomic E-state index is 12.2. The monoisotopic (exact) mass is 396 g/mol. The minimum Gasteiger partial charge on any atom is -0.508 e. The van der Waals surface area contributed by atoms with Crippen LogP contribution in [0.25, 0.3) is 0 Å². The van der Waals surface area contributed by atoms with Crippen LogP contribution in [0.5, 0.6) is 28.7 Å². The predicted octanol–water partition coefficient (Wildman–Crippen LogP) is 2.72. The Kier molecular flexibility index (Phi) is 5.13. The lowest BCUT2D eigenvalue weighted by Crippen LogP contribution is -2.13. The van der Waals surface area contributed by atoms with Gasteiger partial charge in [-0.05, 0) is 48.5 Å². The van der Waals surface area contributed by atoms with Crippen molar-refractivity contribution in [1.82, 2.24) is 0 Å². The van der Waals surface area contributed by atoms with Gasteiger partial charge in [-0.15, -0.1) is 0 Å². The molecule has 0 aliphatic heterocycles. The first kappa shape index (κ1) is 19.4. The topological polar surface area (TPSA) is 159 Å². The number of nitrogens with one attached hydrogen (secondary N) is 2. The minimum absolute atomic E-state index is 0.0619. The Morgan fingerprint density at radius 2 is 0.966 bits per heavy atom. The molecule has 29 heavy (non-hydrogen) atoms. The van der Waals surface area contributed by atoms with Crippen LogP contribution >= 0.6 is 0 Å². The lowest BCUT2D eigenvalue weighted by molar-refractivity contribution is 0.101. The van der Waals surface area contributed by atoms with Crippen molar-refractivity contribution in [2.24, 2.45) is 0 Å². The summed E-state index contributed by atoms with van der Waals surface area (Å²) in [5.74, 6) is -3.68. The molecule has 0 unspecified atom stereocenters. The van der Waals surface area contributed by atoms with Gasteiger partial charge in [0.25, 0.3) is 11.8 Å². The fourth-order valence-electron chi connectivity index (χ4n) is 2.50. The number of carbonyl (C=O) groups is 2. The summed E-state index contributed by atoms with van der Waals surface area (Å²) in [5, 5.41) is 52.3. The lowest BCUT2D eigenvalue weighted by atomic mass is 10.1. The van der Waals surface area contributed by atoms with Crippen LogP contribution in [0.3, 0.4) is 0 Å². The second-order valence-corrected chi connectivity index (χ2v) is 6.09. The van der Waals surface area contributed by atoms with Gasteiger partial charge in [-0.25, -0.2) is 0 Å². The standard InChI is InChI=1S/C20H16N2O7/c23-14-5-10(6-15(24)9-14)19(28)21-12-1-3-13(4-2-12)22-20(29)11-7-16(25)18(27)17(26)8-11/h1-9,23-27H,(H,21,28)(H,22,29). The summed E-state index contributed by atoms with van der Waals surface area (Å²) >= 11 is 0. The summed E-state index contributed by atoms with van der Waals surface area (Å²) < 4.78 is 0. The predicted molar refractivity (Wildman–Crippen MR) is 104 cm³/mol. The molecule has 0 spiro atoms. The molecule has 7 N–H and O–H groups in total. The molecule has 3 aromatic carbocycles. The highest BCUT2D eigenvalue weighted by atomic mass is 16.3. The summed E-state index contributed by atoms with van der Waals surface area (Å²) in [5.41, 5.74) is 0.761. The Hall–Kier alpha value is -4.40. The Labute approximate surface area is 164 Å². The Balaban J connectivity index is 1.68. The fraction of sp³-hybridized carbons (Fsp3) is 0. The number of hydrogen-bond acceptors (Lipinski definition) is 7. The van der Waals surface area contributed by atoms with E-state index < -0.39 is 29.1 Å². The number of rotatable bonds is 4. The molecule has 0 saturated heterocycles. The normalized spacial score (nSPS) is 10.3. The summed E-state index contributed by atoms with van der Waals surface area (Å²) in [6.45, 7) is 0. The van der Waals surface area contributed by atoms with Crippen LogP contribution in [0, 0.1) is 0 Å². The highest BCUT2D eigenvalue weighted by Crippen LogP contribution is 2.35. The van der Waals surface area contributed by atoms with E-state index in [2.05, 4.69) is 10.6 Å². The highest BCUT2D eigenvalue weighted by Gasteiger charge is 2.14. The number of hydrogen-bond donors (Lipinski definition) is 7. The lowest BCUT2D eigenvalue weighted by Gasteiger charge is -2.09. The number of carbonyl (C=O) groups excluding carboxylic acids is 2. The van der Waals surface area contributed by atoms with E-state index in [0.29, 0.717) is 11.4 Å². The van der Waals surface area contributed by atoms with Crippen LogP contribution in [0.2, 0.25) is 0 Å². The van der Waals surface area contributed by atoms with E-state index in [1.807, 2.05) is 0 Å². The first-order valence-corrected chi connectivity index (χ1v) is 8.23. The summed E-state index contributed by atoms with van der Waals surface area (Å²) in [4.78, 5) is 24.4. The zero-order valence-electron chi connectivity index (χ0n) is 14.7. The van der Waals surface area contributed by atoms with Crippen LogP contribution in [0.4, 0.5) is 11.4 Å². The first-order chi connectivity index (χ1) is 13.7. The number of anilines is 2. The van der Waals surface area contributed by atoms with Gasteiger partial charge in [-0.3, -0.25) is 9.59 Å². The maximum Gasteiger partial charge on any atom is 0.255 e. The van der Waals surface area contributed by atoms with Crippen molar-refractivity contribution >= 4 is 23.2 Å². The average molecular weight is 396 g/mol. The molecule has 0 aliphatic carbocycles. The van der Waals surface area contributed by atoms with Gasteiger partial charge in [0.15, 0.2) is 17.2 Å². The largest absolute Gasteiger partial charge is 0.508 e. The van der Waals surface area contributed by atoms with Gasteiger partial charge in [-0.1, -0.05) is 0 Å². The third-order valence-electron chi connectivity index (χ3n) is 3.90. The molecule has 0 saturated carbocycles. The van der Waals surface area contributed by atoms with Crippen LogP contribution in [-0.2, 0) is 0 Å². The Morgan fingerprint density at radius 1 is 0.586 bits per heavy atom. The molecule has 9 heteroatoms. The third-order valence-corrected chi connectivity index (χ3v) is 3.90. The van der Waals surface area contributed by atoms with E-state index in [0.717, 1.165) is 18.2 Å².